The third-order valence-electron chi connectivity index (χ3n) is 20.7. The molecule has 0 radical (unpaired) electrons. The van der Waals surface area contributed by atoms with Gasteiger partial charge in [0.1, 0.15) is 11.5 Å². The van der Waals surface area contributed by atoms with Crippen molar-refractivity contribution in [2.24, 2.45) is 0 Å². The van der Waals surface area contributed by atoms with Gasteiger partial charge in [-0.05, 0) is 133 Å². The molecule has 2 aliphatic rings. The van der Waals surface area contributed by atoms with E-state index in [2.05, 4.69) is 258 Å². The number of nitriles is 2. The second-order valence-corrected chi connectivity index (χ2v) is 25.4. The summed E-state index contributed by atoms with van der Waals surface area (Å²) in [6.45, 7) is 8.03. The largest absolute Gasteiger partial charge is 0.457 e. The molecule has 0 saturated carbocycles. The molecule has 1 aliphatic heterocycles. The van der Waals surface area contributed by atoms with Gasteiger partial charge >= 0.3 is 0 Å². The van der Waals surface area contributed by atoms with Gasteiger partial charge in [-0.3, -0.25) is 9.97 Å². The Balaban J connectivity index is 0.846. The van der Waals surface area contributed by atoms with Gasteiger partial charge in [0.05, 0.1) is 126 Å². The minimum atomic E-state index is -1.09. The van der Waals surface area contributed by atoms with Crippen LogP contribution in [-0.4, -0.2) is 32.8 Å². The molecule has 0 N–H and O–H groups in total. The maximum absolute atomic E-state index is 10.0. The number of aromatic nitrogens is 7. The lowest BCUT2D eigenvalue weighted by Crippen LogP contribution is -2.32. The monoisotopic (exact) mass is 1230 g/mol. The fourth-order valence-corrected chi connectivity index (χ4v) is 16.7. The smallest absolute Gasteiger partial charge is 0.188 e. The molecule has 0 saturated heterocycles. The van der Waals surface area contributed by atoms with Crippen molar-refractivity contribution in [3.05, 3.63) is 324 Å². The minimum absolute atomic E-state index is 0.555. The van der Waals surface area contributed by atoms with Gasteiger partial charge in [-0.15, -0.1) is 0 Å². The van der Waals surface area contributed by atoms with Gasteiger partial charge in [0.15, 0.2) is 5.69 Å². The van der Waals surface area contributed by atoms with E-state index in [1.165, 1.54) is 0 Å². The summed E-state index contributed by atoms with van der Waals surface area (Å²) in [5, 5.41) is 30.7. The van der Waals surface area contributed by atoms with Crippen LogP contribution in [0.3, 0.4) is 0 Å². The van der Waals surface area contributed by atoms with E-state index in [1.54, 1.807) is 0 Å². The molecule has 1 unspecified atom stereocenters. The summed E-state index contributed by atoms with van der Waals surface area (Å²) < 4.78 is 19.3. The second kappa shape index (κ2) is 19.4. The molecule has 1 atom stereocenters. The van der Waals surface area contributed by atoms with E-state index in [-0.39, 0.29) is 0 Å². The maximum Gasteiger partial charge on any atom is 0.188 e. The highest BCUT2D eigenvalue weighted by atomic mass is 16.5. The first-order valence-corrected chi connectivity index (χ1v) is 32.2. The van der Waals surface area contributed by atoms with Crippen molar-refractivity contribution in [3.8, 4) is 63.5 Å². The summed E-state index contributed by atoms with van der Waals surface area (Å²) in [6, 6.07) is 98.5. The Bertz CT molecular complexity index is 6750. The molecular formula is C86H46N10O. The first-order valence-electron chi connectivity index (χ1n) is 32.2. The molecule has 8 heterocycles. The Labute approximate surface area is 552 Å². The van der Waals surface area contributed by atoms with Crippen molar-refractivity contribution in [3.63, 3.8) is 0 Å². The molecule has 21 rings (SSSR count). The van der Waals surface area contributed by atoms with Crippen LogP contribution in [0.4, 0.5) is 5.69 Å². The van der Waals surface area contributed by atoms with Crippen LogP contribution in [0.5, 0.6) is 11.5 Å². The Morgan fingerprint density at radius 1 is 0.309 bits per heavy atom. The molecule has 7 aromatic heterocycles. The molecule has 19 aromatic rings. The summed E-state index contributed by atoms with van der Waals surface area (Å²) in [6.07, 6.45) is 4.00. The predicted molar refractivity (Wildman–Crippen MR) is 387 cm³/mol. The van der Waals surface area contributed by atoms with Crippen molar-refractivity contribution < 1.29 is 4.74 Å². The van der Waals surface area contributed by atoms with Crippen molar-refractivity contribution in [2.75, 3.05) is 0 Å². The van der Waals surface area contributed by atoms with E-state index in [4.69, 9.17) is 21.3 Å². The number of hydrogen-bond acceptors (Lipinski definition) is 5. The highest BCUT2D eigenvalue weighted by Crippen LogP contribution is 2.63. The normalized spacial score (nSPS) is 13.9. The number of pyridine rings is 2. The van der Waals surface area contributed by atoms with Crippen LogP contribution in [-0.2, 0) is 5.41 Å². The third kappa shape index (κ3) is 7.03. The highest BCUT2D eigenvalue weighted by molar-refractivity contribution is 6.15. The molecule has 1 aliphatic carbocycles. The SMILES string of the molecule is [C-]#[N+]c1ccc2c(c1)c1ccccc1n2-c1cnc2c(c1)C1(c3ccc(-n4c5ccccc5c5ccccc54)cc3Oc3cc(-n4c5ccccc5c5cc(-n6c7ccc(C#N)cc7c7cc(C#N)ccc76)ccc54)ccc31)c1cc(-n3c4ccccc4c4ccccc43)cnc1-2. The fraction of sp³-hybridized carbons (Fsp3) is 0.0116. The Morgan fingerprint density at radius 3 is 1.03 bits per heavy atom. The number of benzene rings is 12. The maximum atomic E-state index is 10.0. The molecule has 1 spiro atoms. The molecule has 97 heavy (non-hydrogen) atoms. The van der Waals surface area contributed by atoms with Gasteiger partial charge in [-0.1, -0.05) is 127 Å². The number of fused-ring (bicyclic) bond motifs is 24. The summed E-state index contributed by atoms with van der Waals surface area (Å²) in [5.41, 5.74) is 20.8. The molecule has 11 heteroatoms. The zero-order chi connectivity index (χ0) is 63.9. The topological polar surface area (TPSA) is 112 Å². The van der Waals surface area contributed by atoms with Crippen LogP contribution in [0, 0.1) is 29.2 Å². The Hall–Kier alpha value is -13.8. The average molecular weight is 1240 g/mol. The fourth-order valence-electron chi connectivity index (χ4n) is 16.7. The summed E-state index contributed by atoms with van der Waals surface area (Å²) >= 11 is 0. The first kappa shape index (κ1) is 52.8. The van der Waals surface area contributed by atoms with Gasteiger partial charge in [0.25, 0.3) is 0 Å². The summed E-state index contributed by atoms with van der Waals surface area (Å²) in [4.78, 5) is 15.1. The van der Waals surface area contributed by atoms with Crippen LogP contribution in [0.15, 0.2) is 279 Å². The molecule has 0 amide bonds. The molecule has 446 valence electrons. The first-order chi connectivity index (χ1) is 47.9. The lowest BCUT2D eigenvalue weighted by atomic mass is 9.66. The number of ether oxygens (including phenoxy) is 1. The van der Waals surface area contributed by atoms with E-state index in [0.29, 0.717) is 28.3 Å². The number of nitrogens with zero attached hydrogens (tertiary/aromatic N) is 10. The van der Waals surface area contributed by atoms with E-state index < -0.39 is 5.41 Å². The van der Waals surface area contributed by atoms with E-state index in [9.17, 15) is 10.5 Å². The number of para-hydroxylation sites is 6. The van der Waals surface area contributed by atoms with Gasteiger partial charge < -0.3 is 27.6 Å². The van der Waals surface area contributed by atoms with E-state index in [0.717, 1.165) is 171 Å². The molecule has 11 nitrogen and oxygen atoms in total. The Kier molecular flexibility index (Phi) is 10.6. The molecule has 12 aromatic carbocycles. The summed E-state index contributed by atoms with van der Waals surface area (Å²) in [7, 11) is 0. The van der Waals surface area contributed by atoms with Crippen LogP contribution < -0.4 is 4.74 Å². The van der Waals surface area contributed by atoms with Gasteiger partial charge in [-0.25, -0.2) is 4.85 Å². The lowest BCUT2D eigenvalue weighted by molar-refractivity contribution is 0.436. The second-order valence-electron chi connectivity index (χ2n) is 25.4. The molecule has 0 fully saturated rings. The van der Waals surface area contributed by atoms with Crippen LogP contribution >= 0.6 is 0 Å². The zero-order valence-electron chi connectivity index (χ0n) is 51.4. The summed E-state index contributed by atoms with van der Waals surface area (Å²) in [5.74, 6) is 1.38. The van der Waals surface area contributed by atoms with Crippen molar-refractivity contribution in [1.82, 2.24) is 32.8 Å². The van der Waals surface area contributed by atoms with Crippen LogP contribution in [0.25, 0.3) is 154 Å². The number of rotatable bonds is 5. The van der Waals surface area contributed by atoms with E-state index in [1.807, 2.05) is 60.9 Å². The van der Waals surface area contributed by atoms with Crippen molar-refractivity contribution in [2.45, 2.75) is 5.41 Å². The van der Waals surface area contributed by atoms with Crippen molar-refractivity contribution in [1.29, 1.82) is 10.5 Å². The average Bonchev–Trinajstić information content (AvgIpc) is 1.56. The predicted octanol–water partition coefficient (Wildman–Crippen LogP) is 20.7. The van der Waals surface area contributed by atoms with Crippen LogP contribution in [0.2, 0.25) is 0 Å². The quantitative estimate of drug-likeness (QED) is 0.159. The van der Waals surface area contributed by atoms with Gasteiger partial charge in [-0.2, -0.15) is 10.5 Å². The molecule has 0 bridgehead atoms. The molecular weight excluding hydrogens is 1190 g/mol. The van der Waals surface area contributed by atoms with Crippen LogP contribution in [0.1, 0.15) is 33.4 Å². The van der Waals surface area contributed by atoms with Gasteiger partial charge in [0, 0.05) is 99.9 Å². The lowest BCUT2D eigenvalue weighted by Gasteiger charge is -2.39. The van der Waals surface area contributed by atoms with E-state index >= 15 is 0 Å². The highest BCUT2D eigenvalue weighted by Gasteiger charge is 2.53. The minimum Gasteiger partial charge on any atom is -0.457 e. The zero-order valence-corrected chi connectivity index (χ0v) is 51.4. The van der Waals surface area contributed by atoms with Crippen molar-refractivity contribution >= 4 is 115 Å². The standard InChI is InChI=1S/C86H46N10O/c1-89-52-28-36-80-66(40-52)62-18-6-13-25-77(62)96(80)57-43-71-85(91-49-57)84-70(42-56(48-90-84)95-74-22-10-4-16-60(74)61-17-5-11-23-75(61)95)86(71)68-32-29-54(93-72-20-8-2-14-58(72)59-15-3-9-21-73(59)93)44-82(68)97-83-45-55(30-33-69(83)86)94-76-24-12-7-19-63(76)67-41-53(31-37-81(67)94)92-78-34-26-50(46-87)38-64(78)65-39-51(47-88)27-35-79(65)92/h2-45,48-49H. The van der Waals surface area contributed by atoms with Gasteiger partial charge in [0.2, 0.25) is 0 Å². The third-order valence-corrected chi connectivity index (χ3v) is 20.7. The Morgan fingerprint density at radius 2 is 0.629 bits per heavy atom. The number of hydrogen-bond donors (Lipinski definition) is 0.